The van der Waals surface area contributed by atoms with Crippen LogP contribution in [-0.2, 0) is 22.4 Å². The van der Waals surface area contributed by atoms with E-state index >= 15 is 0 Å². The van der Waals surface area contributed by atoms with Crippen molar-refractivity contribution in [1.29, 1.82) is 0 Å². The maximum Gasteiger partial charge on any atom is 0.306 e. The van der Waals surface area contributed by atoms with E-state index in [9.17, 15) is 9.59 Å². The molecule has 5 heteroatoms. The fourth-order valence-corrected chi connectivity index (χ4v) is 4.36. The third kappa shape index (κ3) is 4.70. The number of benzene rings is 1. The van der Waals surface area contributed by atoms with Crippen LogP contribution in [0.3, 0.4) is 0 Å². The highest BCUT2D eigenvalue weighted by atomic mass is 16.4. The van der Waals surface area contributed by atoms with Crippen molar-refractivity contribution in [2.24, 2.45) is 11.8 Å². The van der Waals surface area contributed by atoms with Crippen LogP contribution in [-0.4, -0.2) is 47.6 Å². The average Bonchev–Trinajstić information content (AvgIpc) is 2.94. The summed E-state index contributed by atoms with van der Waals surface area (Å²) in [6, 6.07) is 6.76. The molecule has 1 amide bonds. The molecule has 0 spiro atoms. The summed E-state index contributed by atoms with van der Waals surface area (Å²) in [4.78, 5) is 28.0. The lowest BCUT2D eigenvalue weighted by atomic mass is 9.96. The van der Waals surface area contributed by atoms with Crippen LogP contribution in [0.1, 0.15) is 51.2 Å². The number of piperidine rings is 1. The van der Waals surface area contributed by atoms with E-state index in [0.717, 1.165) is 51.0 Å². The van der Waals surface area contributed by atoms with Crippen LogP contribution < -0.4 is 4.90 Å². The van der Waals surface area contributed by atoms with Crippen molar-refractivity contribution in [3.8, 4) is 0 Å². The number of hydrogen-bond donors (Lipinski definition) is 1. The maximum absolute atomic E-state index is 12.6. The van der Waals surface area contributed by atoms with Gasteiger partial charge in [0.1, 0.15) is 0 Å². The topological polar surface area (TPSA) is 60.9 Å². The second-order valence-electron chi connectivity index (χ2n) is 8.58. The normalized spacial score (nSPS) is 20.9. The van der Waals surface area contributed by atoms with E-state index in [1.807, 2.05) is 4.90 Å². The third-order valence-electron chi connectivity index (χ3n) is 5.86. The highest BCUT2D eigenvalue weighted by Crippen LogP contribution is 2.34. The van der Waals surface area contributed by atoms with Crippen LogP contribution in [0.5, 0.6) is 0 Å². The number of anilines is 1. The Morgan fingerprint density at radius 2 is 1.93 bits per heavy atom. The Balaban J connectivity index is 1.58. The van der Waals surface area contributed by atoms with Crippen molar-refractivity contribution < 1.29 is 14.7 Å². The molecule has 1 saturated heterocycles. The molecule has 1 N–H and O–H groups in total. The predicted molar refractivity (Wildman–Crippen MR) is 107 cm³/mol. The minimum Gasteiger partial charge on any atom is -0.481 e. The zero-order chi connectivity index (χ0) is 19.6. The maximum atomic E-state index is 12.6. The van der Waals surface area contributed by atoms with E-state index in [-0.39, 0.29) is 17.9 Å². The second kappa shape index (κ2) is 8.42. The molecule has 0 aliphatic carbocycles. The molecule has 3 rings (SSSR count). The summed E-state index contributed by atoms with van der Waals surface area (Å²) in [7, 11) is 0. The minimum atomic E-state index is -0.654. The van der Waals surface area contributed by atoms with Gasteiger partial charge in [0.2, 0.25) is 5.91 Å². The van der Waals surface area contributed by atoms with Crippen molar-refractivity contribution in [2.45, 2.75) is 58.9 Å². The predicted octanol–water partition coefficient (Wildman–Crippen LogP) is 3.35. The van der Waals surface area contributed by atoms with Gasteiger partial charge in [-0.25, -0.2) is 0 Å². The van der Waals surface area contributed by atoms with Crippen molar-refractivity contribution in [3.63, 3.8) is 0 Å². The third-order valence-corrected chi connectivity index (χ3v) is 5.86. The molecular weight excluding hydrogens is 340 g/mol. The molecule has 0 aromatic heterocycles. The monoisotopic (exact) mass is 372 g/mol. The molecule has 1 aromatic rings. The van der Waals surface area contributed by atoms with Crippen molar-refractivity contribution in [3.05, 3.63) is 29.3 Å². The Morgan fingerprint density at radius 1 is 1.22 bits per heavy atom. The number of fused-ring (bicyclic) bond motifs is 1. The minimum absolute atomic E-state index is 0.169. The summed E-state index contributed by atoms with van der Waals surface area (Å²) < 4.78 is 0. The van der Waals surface area contributed by atoms with Crippen LogP contribution in [0.25, 0.3) is 0 Å². The Bertz CT molecular complexity index is 693. The number of rotatable bonds is 6. The van der Waals surface area contributed by atoms with Crippen LogP contribution in [0, 0.1) is 11.8 Å². The molecule has 5 nitrogen and oxygen atoms in total. The standard InChI is InChI=1S/C22H32N2O3/c1-15(2)12-21(25)24-16(3)13-19-14-17(4-5-20(19)24)6-9-23-10-7-18(8-11-23)22(26)27/h4-5,14-16,18H,6-13H2,1-3H3,(H,26,27). The number of carbonyl (C=O) groups excluding carboxylic acids is 1. The van der Waals surface area contributed by atoms with E-state index in [1.54, 1.807) is 0 Å². The van der Waals surface area contributed by atoms with Gasteiger partial charge in [-0.15, -0.1) is 0 Å². The Kier molecular flexibility index (Phi) is 6.20. The fraction of sp³-hybridized carbons (Fsp3) is 0.636. The van der Waals surface area contributed by atoms with Gasteiger partial charge in [0.05, 0.1) is 5.92 Å². The van der Waals surface area contributed by atoms with Crippen molar-refractivity contribution in [1.82, 2.24) is 4.90 Å². The number of carboxylic acid groups (broad SMARTS) is 1. The first-order valence-corrected chi connectivity index (χ1v) is 10.2. The van der Waals surface area contributed by atoms with E-state index in [1.165, 1.54) is 11.1 Å². The number of carboxylic acids is 1. The molecule has 1 aromatic carbocycles. The van der Waals surface area contributed by atoms with Crippen molar-refractivity contribution in [2.75, 3.05) is 24.5 Å². The van der Waals surface area contributed by atoms with Crippen LogP contribution in [0.15, 0.2) is 18.2 Å². The lowest BCUT2D eigenvalue weighted by Crippen LogP contribution is -2.37. The van der Waals surface area contributed by atoms with Gasteiger partial charge in [-0.05, 0) is 68.8 Å². The summed E-state index contributed by atoms with van der Waals surface area (Å²) in [6.07, 6.45) is 4.00. The smallest absolute Gasteiger partial charge is 0.306 e. The number of aliphatic carboxylic acids is 1. The zero-order valence-corrected chi connectivity index (χ0v) is 16.8. The molecule has 148 valence electrons. The average molecular weight is 373 g/mol. The first-order chi connectivity index (χ1) is 12.8. The SMILES string of the molecule is CC(C)CC(=O)N1c2ccc(CCN3CCC(C(=O)O)CC3)cc2CC1C. The fourth-order valence-electron chi connectivity index (χ4n) is 4.36. The van der Waals surface area contributed by atoms with Gasteiger partial charge in [-0.2, -0.15) is 0 Å². The van der Waals surface area contributed by atoms with Gasteiger partial charge in [0.25, 0.3) is 0 Å². The molecule has 1 unspecified atom stereocenters. The second-order valence-corrected chi connectivity index (χ2v) is 8.58. The molecule has 27 heavy (non-hydrogen) atoms. The molecule has 2 heterocycles. The molecule has 2 aliphatic rings. The largest absolute Gasteiger partial charge is 0.481 e. The molecule has 0 radical (unpaired) electrons. The molecule has 0 bridgehead atoms. The van der Waals surface area contributed by atoms with Gasteiger partial charge < -0.3 is 14.9 Å². The summed E-state index contributed by atoms with van der Waals surface area (Å²) in [5, 5.41) is 9.11. The summed E-state index contributed by atoms with van der Waals surface area (Å²) in [5.41, 5.74) is 3.67. The highest BCUT2D eigenvalue weighted by molar-refractivity contribution is 5.96. The van der Waals surface area contributed by atoms with Gasteiger partial charge in [-0.3, -0.25) is 9.59 Å². The first-order valence-electron chi connectivity index (χ1n) is 10.2. The number of likely N-dealkylation sites (tertiary alicyclic amines) is 1. The Labute approximate surface area is 162 Å². The number of hydrogen-bond acceptors (Lipinski definition) is 3. The van der Waals surface area contributed by atoms with Gasteiger partial charge in [-0.1, -0.05) is 26.0 Å². The van der Waals surface area contributed by atoms with Gasteiger partial charge in [0.15, 0.2) is 0 Å². The number of carbonyl (C=O) groups is 2. The van der Waals surface area contributed by atoms with E-state index in [4.69, 9.17) is 5.11 Å². The van der Waals surface area contributed by atoms with Crippen molar-refractivity contribution >= 4 is 17.6 Å². The summed E-state index contributed by atoms with van der Waals surface area (Å²) in [5.74, 6) is -0.223. The number of nitrogens with zero attached hydrogens (tertiary/aromatic N) is 2. The summed E-state index contributed by atoms with van der Waals surface area (Å²) in [6.45, 7) is 9.01. The van der Waals surface area contributed by atoms with Gasteiger partial charge >= 0.3 is 5.97 Å². The van der Waals surface area contributed by atoms with Gasteiger partial charge in [0, 0.05) is 24.7 Å². The quantitative estimate of drug-likeness (QED) is 0.832. The number of amides is 1. The van der Waals surface area contributed by atoms with E-state index in [0.29, 0.717) is 12.3 Å². The first kappa shape index (κ1) is 19.9. The lowest BCUT2D eigenvalue weighted by Gasteiger charge is -2.30. The Hall–Kier alpha value is -1.88. The van der Waals surface area contributed by atoms with E-state index < -0.39 is 5.97 Å². The zero-order valence-electron chi connectivity index (χ0n) is 16.8. The molecular formula is C22H32N2O3. The lowest BCUT2D eigenvalue weighted by molar-refractivity contribution is -0.143. The van der Waals surface area contributed by atoms with E-state index in [2.05, 4.69) is 43.9 Å². The molecule has 2 aliphatic heterocycles. The Morgan fingerprint density at radius 3 is 2.56 bits per heavy atom. The molecule has 0 saturated carbocycles. The molecule has 1 fully saturated rings. The summed E-state index contributed by atoms with van der Waals surface area (Å²) >= 11 is 0. The van der Waals surface area contributed by atoms with Crippen LogP contribution >= 0.6 is 0 Å². The highest BCUT2D eigenvalue weighted by Gasteiger charge is 2.31. The van der Waals surface area contributed by atoms with Crippen LogP contribution in [0.2, 0.25) is 0 Å². The molecule has 1 atom stereocenters. The van der Waals surface area contributed by atoms with Crippen LogP contribution in [0.4, 0.5) is 5.69 Å².